The first-order chi connectivity index (χ1) is 8.83. The maximum absolute atomic E-state index is 5.56. The molecule has 2 heterocycles. The Kier molecular flexibility index (Phi) is 5.16. The molecule has 0 bridgehead atoms. The van der Waals surface area contributed by atoms with Crippen molar-refractivity contribution in [3.8, 4) is 0 Å². The van der Waals surface area contributed by atoms with Crippen molar-refractivity contribution < 1.29 is 9.47 Å². The highest BCUT2D eigenvalue weighted by molar-refractivity contribution is 4.95. The van der Waals surface area contributed by atoms with Crippen molar-refractivity contribution in [2.75, 3.05) is 26.3 Å². The summed E-state index contributed by atoms with van der Waals surface area (Å²) in [5.74, 6) is 1.16. The fourth-order valence-corrected chi connectivity index (χ4v) is 2.29. The van der Waals surface area contributed by atoms with E-state index >= 15 is 0 Å². The zero-order chi connectivity index (χ0) is 12.8. The van der Waals surface area contributed by atoms with Crippen LogP contribution in [0.3, 0.4) is 0 Å². The first-order valence-corrected chi connectivity index (χ1v) is 6.79. The summed E-state index contributed by atoms with van der Waals surface area (Å²) < 4.78 is 13.3. The summed E-state index contributed by atoms with van der Waals surface area (Å²) >= 11 is 0. The van der Waals surface area contributed by atoms with Gasteiger partial charge in [0.15, 0.2) is 6.29 Å². The van der Waals surface area contributed by atoms with Gasteiger partial charge in [-0.2, -0.15) is 0 Å². The predicted octanol–water partition coefficient (Wildman–Crippen LogP) is 1.49. The second kappa shape index (κ2) is 6.87. The van der Waals surface area contributed by atoms with Crippen molar-refractivity contribution in [1.29, 1.82) is 0 Å². The minimum atomic E-state index is -0.0679. The molecule has 102 valence electrons. The van der Waals surface area contributed by atoms with Crippen LogP contribution in [0.15, 0.2) is 12.4 Å². The molecule has 18 heavy (non-hydrogen) atoms. The fraction of sp³-hybridized carbons (Fsp3) is 0.769. The Hall–Kier alpha value is -0.910. The molecule has 0 N–H and O–H groups in total. The molecule has 0 spiro atoms. The number of ether oxygens (including phenoxy) is 2. The lowest BCUT2D eigenvalue weighted by atomic mass is 10.3. The number of hydrogen-bond donors (Lipinski definition) is 0. The SMILES string of the molecule is CCOC(CCN1CCn2ccnc2C1)OCC. The summed E-state index contributed by atoms with van der Waals surface area (Å²) in [6.07, 6.45) is 4.78. The lowest BCUT2D eigenvalue weighted by molar-refractivity contribution is -0.142. The average Bonchev–Trinajstić information content (AvgIpc) is 2.84. The Labute approximate surface area is 109 Å². The predicted molar refractivity (Wildman–Crippen MR) is 69.2 cm³/mol. The van der Waals surface area contributed by atoms with E-state index in [1.165, 1.54) is 0 Å². The first-order valence-electron chi connectivity index (χ1n) is 6.79. The summed E-state index contributed by atoms with van der Waals surface area (Å²) in [6, 6.07) is 0. The van der Waals surface area contributed by atoms with Gasteiger partial charge in [-0.25, -0.2) is 4.98 Å². The molecule has 0 aliphatic carbocycles. The van der Waals surface area contributed by atoms with E-state index < -0.39 is 0 Å². The van der Waals surface area contributed by atoms with Crippen molar-refractivity contribution in [1.82, 2.24) is 14.5 Å². The number of fused-ring (bicyclic) bond motifs is 1. The van der Waals surface area contributed by atoms with Gasteiger partial charge in [0, 0.05) is 51.7 Å². The third kappa shape index (κ3) is 3.54. The van der Waals surface area contributed by atoms with Crippen LogP contribution in [0.4, 0.5) is 0 Å². The Morgan fingerprint density at radius 1 is 1.28 bits per heavy atom. The Morgan fingerprint density at radius 2 is 2.06 bits per heavy atom. The summed E-state index contributed by atoms with van der Waals surface area (Å²) in [4.78, 5) is 6.78. The van der Waals surface area contributed by atoms with Gasteiger partial charge < -0.3 is 14.0 Å². The fourth-order valence-electron chi connectivity index (χ4n) is 2.29. The number of hydrogen-bond acceptors (Lipinski definition) is 4. The van der Waals surface area contributed by atoms with E-state index in [1.807, 2.05) is 20.0 Å². The molecular formula is C13H23N3O2. The molecule has 0 radical (unpaired) electrons. The topological polar surface area (TPSA) is 39.5 Å². The van der Waals surface area contributed by atoms with Crippen molar-refractivity contribution in [3.05, 3.63) is 18.2 Å². The van der Waals surface area contributed by atoms with Crippen LogP contribution in [-0.2, 0) is 22.6 Å². The molecule has 1 aliphatic rings. The lowest BCUT2D eigenvalue weighted by Crippen LogP contribution is -2.36. The van der Waals surface area contributed by atoms with Crippen LogP contribution < -0.4 is 0 Å². The standard InChI is InChI=1S/C13H23N3O2/c1-3-17-13(18-4-2)5-7-15-9-10-16-8-6-14-12(16)11-15/h6,8,13H,3-5,7,9-11H2,1-2H3. The number of imidazole rings is 1. The van der Waals surface area contributed by atoms with E-state index in [2.05, 4.69) is 20.6 Å². The molecule has 0 saturated carbocycles. The van der Waals surface area contributed by atoms with Crippen LogP contribution in [0, 0.1) is 0 Å². The highest BCUT2D eigenvalue weighted by Crippen LogP contribution is 2.12. The van der Waals surface area contributed by atoms with E-state index in [0.717, 1.165) is 38.4 Å². The molecular weight excluding hydrogens is 230 g/mol. The minimum absolute atomic E-state index is 0.0679. The van der Waals surface area contributed by atoms with Gasteiger partial charge in [0.05, 0.1) is 6.54 Å². The van der Waals surface area contributed by atoms with Gasteiger partial charge in [-0.1, -0.05) is 0 Å². The highest BCUT2D eigenvalue weighted by Gasteiger charge is 2.18. The normalized spacial score (nSPS) is 16.2. The molecule has 2 rings (SSSR count). The molecule has 1 aliphatic heterocycles. The molecule has 5 nitrogen and oxygen atoms in total. The Balaban J connectivity index is 1.77. The number of rotatable bonds is 7. The third-order valence-electron chi connectivity index (χ3n) is 3.21. The lowest BCUT2D eigenvalue weighted by Gasteiger charge is -2.28. The van der Waals surface area contributed by atoms with Crippen molar-refractivity contribution in [3.63, 3.8) is 0 Å². The molecule has 1 aromatic rings. The molecule has 0 fully saturated rings. The monoisotopic (exact) mass is 253 g/mol. The molecule has 1 aromatic heterocycles. The summed E-state index contributed by atoms with van der Waals surface area (Å²) in [5.41, 5.74) is 0. The summed E-state index contributed by atoms with van der Waals surface area (Å²) in [5, 5.41) is 0. The van der Waals surface area contributed by atoms with E-state index in [4.69, 9.17) is 9.47 Å². The third-order valence-corrected chi connectivity index (χ3v) is 3.21. The highest BCUT2D eigenvalue weighted by atomic mass is 16.7. The van der Waals surface area contributed by atoms with Gasteiger partial charge >= 0.3 is 0 Å². The molecule has 0 amide bonds. The quantitative estimate of drug-likeness (QED) is 0.690. The van der Waals surface area contributed by atoms with E-state index in [9.17, 15) is 0 Å². The van der Waals surface area contributed by atoms with Crippen LogP contribution in [0.2, 0.25) is 0 Å². The smallest absolute Gasteiger partial charge is 0.158 e. The second-order valence-electron chi connectivity index (χ2n) is 4.44. The van der Waals surface area contributed by atoms with Crippen LogP contribution >= 0.6 is 0 Å². The summed E-state index contributed by atoms with van der Waals surface area (Å²) in [7, 11) is 0. The Bertz CT molecular complexity index is 348. The van der Waals surface area contributed by atoms with Crippen molar-refractivity contribution in [2.24, 2.45) is 0 Å². The largest absolute Gasteiger partial charge is 0.353 e. The van der Waals surface area contributed by atoms with E-state index in [0.29, 0.717) is 13.2 Å². The van der Waals surface area contributed by atoms with Crippen molar-refractivity contribution in [2.45, 2.75) is 39.6 Å². The second-order valence-corrected chi connectivity index (χ2v) is 4.44. The van der Waals surface area contributed by atoms with Crippen LogP contribution in [0.25, 0.3) is 0 Å². The molecule has 0 unspecified atom stereocenters. The Morgan fingerprint density at radius 3 is 2.78 bits per heavy atom. The first kappa shape index (κ1) is 13.5. The summed E-state index contributed by atoms with van der Waals surface area (Å²) in [6.45, 7) is 9.45. The van der Waals surface area contributed by atoms with Gasteiger partial charge in [0.25, 0.3) is 0 Å². The zero-order valence-electron chi connectivity index (χ0n) is 11.3. The zero-order valence-corrected chi connectivity index (χ0v) is 11.3. The van der Waals surface area contributed by atoms with Gasteiger partial charge in [0.2, 0.25) is 0 Å². The van der Waals surface area contributed by atoms with Crippen LogP contribution in [0.1, 0.15) is 26.1 Å². The van der Waals surface area contributed by atoms with Gasteiger partial charge in [-0.15, -0.1) is 0 Å². The van der Waals surface area contributed by atoms with Gasteiger partial charge in [0.1, 0.15) is 5.82 Å². The molecule has 0 saturated heterocycles. The van der Waals surface area contributed by atoms with E-state index in [1.54, 1.807) is 0 Å². The maximum Gasteiger partial charge on any atom is 0.158 e. The van der Waals surface area contributed by atoms with Gasteiger partial charge in [-0.05, 0) is 13.8 Å². The molecule has 5 heteroatoms. The molecule has 0 atom stereocenters. The van der Waals surface area contributed by atoms with Gasteiger partial charge in [-0.3, -0.25) is 4.90 Å². The van der Waals surface area contributed by atoms with Crippen molar-refractivity contribution >= 4 is 0 Å². The minimum Gasteiger partial charge on any atom is -0.353 e. The number of nitrogens with zero attached hydrogens (tertiary/aromatic N) is 3. The van der Waals surface area contributed by atoms with Crippen LogP contribution in [-0.4, -0.2) is 47.0 Å². The van der Waals surface area contributed by atoms with E-state index in [-0.39, 0.29) is 6.29 Å². The molecule has 0 aromatic carbocycles. The number of aromatic nitrogens is 2. The maximum atomic E-state index is 5.56. The van der Waals surface area contributed by atoms with Crippen LogP contribution in [0.5, 0.6) is 0 Å². The average molecular weight is 253 g/mol.